The summed E-state index contributed by atoms with van der Waals surface area (Å²) in [5.41, 5.74) is 5.26. The molecule has 0 bridgehead atoms. The summed E-state index contributed by atoms with van der Waals surface area (Å²) in [7, 11) is 0. The molecule has 0 spiro atoms. The Labute approximate surface area is 266 Å². The molecule has 3 heteroatoms. The van der Waals surface area contributed by atoms with Crippen LogP contribution < -0.4 is 0 Å². The van der Waals surface area contributed by atoms with Gasteiger partial charge in [-0.15, -0.1) is 0 Å². The monoisotopic (exact) mass is 585 g/mol. The molecular formula is C43H27N3. The third-order valence-corrected chi connectivity index (χ3v) is 8.92. The van der Waals surface area contributed by atoms with Gasteiger partial charge in [-0.1, -0.05) is 152 Å². The zero-order chi connectivity index (χ0) is 30.5. The van der Waals surface area contributed by atoms with E-state index in [1.165, 1.54) is 43.4 Å². The molecule has 0 N–H and O–H groups in total. The van der Waals surface area contributed by atoms with E-state index in [1.54, 1.807) is 0 Å². The molecule has 0 aliphatic carbocycles. The molecule has 0 amide bonds. The molecule has 1 heterocycles. The van der Waals surface area contributed by atoms with E-state index < -0.39 is 0 Å². The SMILES string of the molecule is c1ccc(-c2nc(-c3ccc4c(ccc5c6ccccc6ccc45)c3)nc(-c3ccc(-c4ccccc4)c4ccccc34)n2)cc1. The van der Waals surface area contributed by atoms with Crippen LogP contribution >= 0.6 is 0 Å². The Morgan fingerprint density at radius 2 is 0.761 bits per heavy atom. The van der Waals surface area contributed by atoms with E-state index in [9.17, 15) is 0 Å². The average Bonchev–Trinajstić information content (AvgIpc) is 3.14. The number of fused-ring (bicyclic) bond motifs is 6. The zero-order valence-corrected chi connectivity index (χ0v) is 24.9. The topological polar surface area (TPSA) is 38.7 Å². The molecule has 0 fully saturated rings. The van der Waals surface area contributed by atoms with Crippen molar-refractivity contribution in [2.45, 2.75) is 0 Å². The maximum atomic E-state index is 5.14. The molecule has 0 radical (unpaired) electrons. The van der Waals surface area contributed by atoms with Crippen molar-refractivity contribution < 1.29 is 0 Å². The number of benzene rings is 8. The first-order valence-corrected chi connectivity index (χ1v) is 15.5. The van der Waals surface area contributed by atoms with Crippen molar-refractivity contribution in [1.82, 2.24) is 15.0 Å². The summed E-state index contributed by atoms with van der Waals surface area (Å²) < 4.78 is 0. The van der Waals surface area contributed by atoms with E-state index in [2.05, 4.69) is 146 Å². The Morgan fingerprint density at radius 1 is 0.261 bits per heavy atom. The van der Waals surface area contributed by atoms with Gasteiger partial charge in [0.1, 0.15) is 0 Å². The maximum Gasteiger partial charge on any atom is 0.164 e. The highest BCUT2D eigenvalue weighted by molar-refractivity contribution is 6.17. The maximum absolute atomic E-state index is 5.14. The van der Waals surface area contributed by atoms with E-state index in [0.717, 1.165) is 27.5 Å². The predicted octanol–water partition coefficient (Wildman–Crippen LogP) is 11.2. The minimum atomic E-state index is 0.653. The second kappa shape index (κ2) is 10.8. The summed E-state index contributed by atoms with van der Waals surface area (Å²) in [5.74, 6) is 1.97. The summed E-state index contributed by atoms with van der Waals surface area (Å²) in [4.78, 5) is 15.2. The van der Waals surface area contributed by atoms with Crippen molar-refractivity contribution >= 4 is 43.1 Å². The van der Waals surface area contributed by atoms with Crippen LogP contribution in [-0.4, -0.2) is 15.0 Å². The van der Waals surface area contributed by atoms with Crippen molar-refractivity contribution in [3.05, 3.63) is 164 Å². The molecule has 0 unspecified atom stereocenters. The summed E-state index contributed by atoms with van der Waals surface area (Å²) in [6.45, 7) is 0. The standard InChI is InChI=1S/C43H27N3/c1-3-11-28(12-4-1)34-25-26-40(37-18-10-9-17-36(34)37)43-45-41(30-14-5-2-6-15-30)44-42(46-43)32-21-22-35-31(27-32)20-24-38-33-16-8-7-13-29(33)19-23-39(35)38/h1-27H. The number of nitrogens with zero attached hydrogens (tertiary/aromatic N) is 3. The van der Waals surface area contributed by atoms with Crippen molar-refractivity contribution in [3.63, 3.8) is 0 Å². The van der Waals surface area contributed by atoms with Crippen molar-refractivity contribution in [2.75, 3.05) is 0 Å². The first-order chi connectivity index (χ1) is 22.8. The fourth-order valence-corrected chi connectivity index (χ4v) is 6.67. The highest BCUT2D eigenvalue weighted by atomic mass is 15.0. The molecule has 3 nitrogen and oxygen atoms in total. The van der Waals surface area contributed by atoms with Gasteiger partial charge in [0, 0.05) is 16.7 Å². The van der Waals surface area contributed by atoms with Gasteiger partial charge in [0.2, 0.25) is 0 Å². The second-order valence-corrected chi connectivity index (χ2v) is 11.6. The van der Waals surface area contributed by atoms with E-state index >= 15 is 0 Å². The number of hydrogen-bond acceptors (Lipinski definition) is 3. The van der Waals surface area contributed by atoms with Gasteiger partial charge in [-0.05, 0) is 66.3 Å². The van der Waals surface area contributed by atoms with Crippen molar-refractivity contribution in [3.8, 4) is 45.3 Å². The minimum absolute atomic E-state index is 0.653. The van der Waals surface area contributed by atoms with Crippen LogP contribution in [0, 0.1) is 0 Å². The van der Waals surface area contributed by atoms with Crippen LogP contribution in [0.25, 0.3) is 88.4 Å². The number of aromatic nitrogens is 3. The van der Waals surface area contributed by atoms with Gasteiger partial charge >= 0.3 is 0 Å². The molecule has 9 rings (SSSR count). The molecule has 1 aromatic heterocycles. The molecule has 9 aromatic rings. The van der Waals surface area contributed by atoms with Crippen LogP contribution in [0.5, 0.6) is 0 Å². The van der Waals surface area contributed by atoms with E-state index in [0.29, 0.717) is 17.5 Å². The quantitative estimate of drug-likeness (QED) is 0.193. The lowest BCUT2D eigenvalue weighted by molar-refractivity contribution is 1.08. The van der Waals surface area contributed by atoms with Gasteiger partial charge in [0.25, 0.3) is 0 Å². The zero-order valence-electron chi connectivity index (χ0n) is 24.9. The summed E-state index contributed by atoms with van der Waals surface area (Å²) in [5, 5.41) is 9.67. The molecule has 0 aliphatic rings. The van der Waals surface area contributed by atoms with E-state index in [1.807, 2.05) is 18.2 Å². The molecule has 8 aromatic carbocycles. The van der Waals surface area contributed by atoms with Crippen molar-refractivity contribution in [1.29, 1.82) is 0 Å². The molecule has 46 heavy (non-hydrogen) atoms. The van der Waals surface area contributed by atoms with Gasteiger partial charge in [0.15, 0.2) is 17.5 Å². The van der Waals surface area contributed by atoms with Crippen LogP contribution in [0.1, 0.15) is 0 Å². The lowest BCUT2D eigenvalue weighted by Gasteiger charge is -2.13. The summed E-state index contributed by atoms with van der Waals surface area (Å²) >= 11 is 0. The number of hydrogen-bond donors (Lipinski definition) is 0. The Hall–Kier alpha value is -6.19. The predicted molar refractivity (Wildman–Crippen MR) is 192 cm³/mol. The first-order valence-electron chi connectivity index (χ1n) is 15.5. The van der Waals surface area contributed by atoms with Crippen LogP contribution in [0.3, 0.4) is 0 Å². The molecule has 0 aliphatic heterocycles. The average molecular weight is 586 g/mol. The Kier molecular flexibility index (Phi) is 6.14. The third-order valence-electron chi connectivity index (χ3n) is 8.92. The van der Waals surface area contributed by atoms with Gasteiger partial charge < -0.3 is 0 Å². The van der Waals surface area contributed by atoms with Gasteiger partial charge in [-0.3, -0.25) is 0 Å². The fraction of sp³-hybridized carbons (Fsp3) is 0. The summed E-state index contributed by atoms with van der Waals surface area (Å²) in [6.07, 6.45) is 0. The van der Waals surface area contributed by atoms with Gasteiger partial charge in [0.05, 0.1) is 0 Å². The molecular weight excluding hydrogens is 558 g/mol. The molecule has 0 saturated carbocycles. The van der Waals surface area contributed by atoms with Gasteiger partial charge in [-0.2, -0.15) is 0 Å². The normalized spacial score (nSPS) is 11.5. The van der Waals surface area contributed by atoms with Crippen LogP contribution in [0.15, 0.2) is 164 Å². The lowest BCUT2D eigenvalue weighted by atomic mass is 9.94. The van der Waals surface area contributed by atoms with E-state index in [4.69, 9.17) is 15.0 Å². The smallest absolute Gasteiger partial charge is 0.164 e. The van der Waals surface area contributed by atoms with Gasteiger partial charge in [-0.25, -0.2) is 15.0 Å². The number of rotatable bonds is 4. The third kappa shape index (κ3) is 4.41. The molecule has 0 saturated heterocycles. The van der Waals surface area contributed by atoms with Crippen LogP contribution in [0.4, 0.5) is 0 Å². The largest absolute Gasteiger partial charge is 0.208 e. The van der Waals surface area contributed by atoms with Crippen LogP contribution in [-0.2, 0) is 0 Å². The minimum Gasteiger partial charge on any atom is -0.208 e. The van der Waals surface area contributed by atoms with E-state index in [-0.39, 0.29) is 0 Å². The molecule has 0 atom stereocenters. The van der Waals surface area contributed by atoms with Crippen LogP contribution in [0.2, 0.25) is 0 Å². The Bertz CT molecular complexity index is 2570. The Morgan fingerprint density at radius 3 is 1.50 bits per heavy atom. The second-order valence-electron chi connectivity index (χ2n) is 11.6. The highest BCUT2D eigenvalue weighted by Crippen LogP contribution is 2.37. The summed E-state index contributed by atoms with van der Waals surface area (Å²) in [6, 6.07) is 57.5. The fourth-order valence-electron chi connectivity index (χ4n) is 6.67. The molecule has 214 valence electrons. The van der Waals surface area contributed by atoms with Crippen molar-refractivity contribution in [2.24, 2.45) is 0 Å². The lowest BCUT2D eigenvalue weighted by Crippen LogP contribution is -2.01. The first kappa shape index (κ1) is 26.2. The highest BCUT2D eigenvalue weighted by Gasteiger charge is 2.16. The Balaban J connectivity index is 1.24.